The Morgan fingerprint density at radius 3 is 2.94 bits per heavy atom. The zero-order valence-corrected chi connectivity index (χ0v) is 11.7. The average molecular weight is 324 g/mol. The lowest BCUT2D eigenvalue weighted by Crippen LogP contribution is -2.13. The number of nitrogens with zero attached hydrogens (tertiary/aromatic N) is 3. The van der Waals surface area contributed by atoms with Crippen LogP contribution < -0.4 is 0 Å². The van der Waals surface area contributed by atoms with E-state index in [0.717, 1.165) is 10.0 Å². The molecule has 0 amide bonds. The van der Waals surface area contributed by atoms with Crippen LogP contribution in [-0.4, -0.2) is 26.3 Å². The molecule has 86 valence electrons. The maximum absolute atomic E-state index is 9.27. The number of hydrogen-bond acceptors (Lipinski definition) is 2. The van der Waals surface area contributed by atoms with Crippen molar-refractivity contribution in [3.05, 3.63) is 27.5 Å². The van der Waals surface area contributed by atoms with Gasteiger partial charge in [0.2, 0.25) is 0 Å². The van der Waals surface area contributed by atoms with Crippen molar-refractivity contribution in [2.24, 2.45) is 0 Å². The summed E-state index contributed by atoms with van der Waals surface area (Å²) in [6.07, 6.45) is 5.81. The molecule has 1 aromatic heterocycles. The van der Waals surface area contributed by atoms with Gasteiger partial charge in [-0.2, -0.15) is 0 Å². The van der Waals surface area contributed by atoms with E-state index in [4.69, 9.17) is 16.9 Å². The highest BCUT2D eigenvalue weighted by molar-refractivity contribution is 9.10. The Hall–Kier alpha value is -0.480. The topological polar surface area (TPSA) is 59.9 Å². The van der Waals surface area contributed by atoms with E-state index in [-0.39, 0.29) is 0 Å². The second-order valence-corrected chi connectivity index (χ2v) is 5.56. The minimum Gasteiger partial charge on any atom is -0.306 e. The quantitative estimate of drug-likeness (QED) is 0.402. The first-order valence-corrected chi connectivity index (χ1v) is 7.08. The lowest BCUT2D eigenvalue weighted by Gasteiger charge is -2.01. The van der Waals surface area contributed by atoms with Crippen molar-refractivity contribution in [2.45, 2.75) is 6.42 Å². The summed E-state index contributed by atoms with van der Waals surface area (Å²) >= 11 is 9.04. The van der Waals surface area contributed by atoms with Crippen molar-refractivity contribution < 1.29 is 8.50 Å². The van der Waals surface area contributed by atoms with Crippen molar-refractivity contribution in [1.29, 1.82) is 5.26 Å². The van der Waals surface area contributed by atoms with E-state index in [2.05, 4.69) is 20.9 Å². The van der Waals surface area contributed by atoms with Crippen molar-refractivity contribution in [1.82, 2.24) is 4.98 Å². The largest absolute Gasteiger partial charge is 0.467 e. The van der Waals surface area contributed by atoms with E-state index in [0.29, 0.717) is 18.1 Å². The van der Waals surface area contributed by atoms with Gasteiger partial charge in [0, 0.05) is 18.9 Å². The fraction of sp³-hybridized carbons (Fsp3) is 0.333. The third-order valence-electron chi connectivity index (χ3n) is 1.89. The van der Waals surface area contributed by atoms with Crippen LogP contribution in [0.2, 0.25) is 5.15 Å². The molecule has 1 atom stereocenters. The highest BCUT2D eigenvalue weighted by Crippen LogP contribution is 2.20. The van der Waals surface area contributed by atoms with Gasteiger partial charge < -0.3 is 4.55 Å². The summed E-state index contributed by atoms with van der Waals surface area (Å²) in [6.45, 7) is 0.461. The summed E-state index contributed by atoms with van der Waals surface area (Å²) < 4.78 is 11.3. The predicted molar refractivity (Wildman–Crippen MR) is 67.3 cm³/mol. The predicted octanol–water partition coefficient (Wildman–Crippen LogP) is 2.44. The van der Waals surface area contributed by atoms with Crippen LogP contribution >= 0.6 is 27.5 Å². The lowest BCUT2D eigenvalue weighted by molar-refractivity contribution is -0.414. The van der Waals surface area contributed by atoms with E-state index in [1.807, 2.05) is 12.3 Å². The summed E-state index contributed by atoms with van der Waals surface area (Å²) in [6, 6.07) is 1.86. The Labute approximate surface area is 110 Å². The molecule has 4 nitrogen and oxygen atoms in total. The third kappa shape index (κ3) is 3.83. The highest BCUT2D eigenvalue weighted by atomic mass is 79.9. The lowest BCUT2D eigenvalue weighted by atomic mass is 10.2. The van der Waals surface area contributed by atoms with Crippen molar-refractivity contribution >= 4 is 38.5 Å². The maximum Gasteiger partial charge on any atom is 0.467 e. The number of aromatic nitrogens is 1. The summed E-state index contributed by atoms with van der Waals surface area (Å²) in [5.41, 5.74) is 0.960. The molecule has 1 rings (SSSR count). The van der Waals surface area contributed by atoms with Crippen LogP contribution in [0.1, 0.15) is 5.56 Å². The number of hydrogen-bond donors (Lipinski definition) is 1. The molecule has 0 spiro atoms. The molecule has 0 aliphatic rings. The van der Waals surface area contributed by atoms with E-state index >= 15 is 0 Å². The standard InChI is InChI=1S/C9H9BrClN3OS/c1-16(15)14(6-12)3-2-7-4-8(10)9(11)13-5-7/h4-5H,2-3H2,1H3/p+1. The average Bonchev–Trinajstić information content (AvgIpc) is 2.23. The van der Waals surface area contributed by atoms with Gasteiger partial charge in [-0.15, -0.1) is 3.95 Å². The zero-order chi connectivity index (χ0) is 12.1. The van der Waals surface area contributed by atoms with Crippen LogP contribution in [-0.2, 0) is 17.4 Å². The van der Waals surface area contributed by atoms with Gasteiger partial charge in [-0.25, -0.2) is 4.98 Å². The van der Waals surface area contributed by atoms with Crippen molar-refractivity contribution in [3.63, 3.8) is 0 Å². The second-order valence-electron chi connectivity index (χ2n) is 3.02. The van der Waals surface area contributed by atoms with Crippen LogP contribution in [0.4, 0.5) is 0 Å². The molecule has 0 aromatic carbocycles. The zero-order valence-electron chi connectivity index (χ0n) is 8.52. The summed E-state index contributed by atoms with van der Waals surface area (Å²) in [5, 5.41) is 9.17. The number of pyridine rings is 1. The molecule has 1 aromatic rings. The van der Waals surface area contributed by atoms with E-state index < -0.39 is 11.0 Å². The van der Waals surface area contributed by atoms with Crippen molar-refractivity contribution in [2.75, 3.05) is 12.8 Å². The smallest absolute Gasteiger partial charge is 0.306 e. The highest BCUT2D eigenvalue weighted by Gasteiger charge is 2.06. The molecule has 0 aliphatic carbocycles. The molecule has 0 saturated carbocycles. The number of rotatable bonds is 3. The number of nitriles is 1. The Balaban J connectivity index is 2.73. The summed E-state index contributed by atoms with van der Waals surface area (Å²) in [4.78, 5) is 3.98. The van der Waals surface area contributed by atoms with Gasteiger partial charge in [-0.05, 0) is 27.6 Å². The minimum absolute atomic E-state index is 0.415. The van der Waals surface area contributed by atoms with Gasteiger partial charge in [-0.1, -0.05) is 11.6 Å². The monoisotopic (exact) mass is 322 g/mol. The molecule has 1 heterocycles. The van der Waals surface area contributed by atoms with Gasteiger partial charge in [0.1, 0.15) is 22.7 Å². The first-order valence-electron chi connectivity index (χ1n) is 4.37. The molecular formula is C9H10BrClN3OS+. The molecule has 0 bridgehead atoms. The number of halogens is 2. The minimum atomic E-state index is -1.02. The second kappa shape index (κ2) is 6.30. The Morgan fingerprint density at radius 2 is 2.44 bits per heavy atom. The first-order chi connectivity index (χ1) is 7.54. The van der Waals surface area contributed by atoms with Gasteiger partial charge in [0.15, 0.2) is 5.26 Å². The molecule has 1 N–H and O–H groups in total. The molecule has 0 saturated heterocycles. The van der Waals surface area contributed by atoms with Crippen LogP contribution in [0.15, 0.2) is 16.7 Å². The van der Waals surface area contributed by atoms with Gasteiger partial charge in [-0.3, -0.25) is 0 Å². The molecule has 7 heteroatoms. The Morgan fingerprint density at radius 1 is 1.75 bits per heavy atom. The third-order valence-corrected chi connectivity index (χ3v) is 3.92. The van der Waals surface area contributed by atoms with Gasteiger partial charge in [0.25, 0.3) is 0 Å². The maximum atomic E-state index is 9.27. The summed E-state index contributed by atoms with van der Waals surface area (Å²) in [7, 11) is -1.02. The van der Waals surface area contributed by atoms with Crippen molar-refractivity contribution in [3.8, 4) is 6.19 Å². The van der Waals surface area contributed by atoms with Crippen LogP contribution in [0.5, 0.6) is 0 Å². The Kier molecular flexibility index (Phi) is 5.35. The van der Waals surface area contributed by atoms with E-state index in [9.17, 15) is 4.55 Å². The molecule has 0 aliphatic heterocycles. The SMILES string of the molecule is CS(O)=[N+](C#N)CCc1cnc(Cl)c(Br)c1. The fourth-order valence-electron chi connectivity index (χ4n) is 1.07. The van der Waals surface area contributed by atoms with Crippen LogP contribution in [0.25, 0.3) is 0 Å². The van der Waals surface area contributed by atoms with E-state index in [1.165, 1.54) is 3.95 Å². The normalized spacial score (nSPS) is 13.1. The van der Waals surface area contributed by atoms with Crippen LogP contribution in [0, 0.1) is 11.5 Å². The summed E-state index contributed by atoms with van der Waals surface area (Å²) in [5.74, 6) is 0. The first kappa shape index (κ1) is 13.6. The molecular weight excluding hydrogens is 314 g/mol. The van der Waals surface area contributed by atoms with Gasteiger partial charge in [0.05, 0.1) is 4.47 Å². The molecule has 0 radical (unpaired) electrons. The van der Waals surface area contributed by atoms with Gasteiger partial charge >= 0.3 is 6.19 Å². The Bertz CT molecular complexity index is 468. The van der Waals surface area contributed by atoms with Crippen LogP contribution in [0.3, 0.4) is 0 Å². The molecule has 0 fully saturated rings. The molecule has 1 unspecified atom stereocenters. The fourth-order valence-corrected chi connectivity index (χ4v) is 2.04. The molecule has 16 heavy (non-hydrogen) atoms. The van der Waals surface area contributed by atoms with E-state index in [1.54, 1.807) is 12.5 Å².